The number of benzene rings is 2. The Morgan fingerprint density at radius 3 is 2.37 bits per heavy atom. The van der Waals surface area contributed by atoms with Crippen LogP contribution in [0.15, 0.2) is 63.1 Å². The molecule has 0 saturated carbocycles. The number of hydrogen-bond donors (Lipinski definition) is 1. The lowest BCUT2D eigenvalue weighted by atomic mass is 10.1. The molecule has 0 saturated heterocycles. The fourth-order valence-corrected chi connectivity index (χ4v) is 4.35. The number of nitrogens with zero attached hydrogens (tertiary/aromatic N) is 1. The Labute approximate surface area is 191 Å². The number of thioether (sulfide) groups is 1. The molecule has 5 nitrogen and oxygen atoms in total. The van der Waals surface area contributed by atoms with Gasteiger partial charge >= 0.3 is 0 Å². The van der Waals surface area contributed by atoms with E-state index < -0.39 is 9.84 Å². The smallest absolute Gasteiger partial charge is 0.263 e. The highest BCUT2D eigenvalue weighted by atomic mass is 35.5. The number of halogens is 1. The highest BCUT2D eigenvalue weighted by Crippen LogP contribution is 2.36. The zero-order valence-corrected chi connectivity index (χ0v) is 19.7. The van der Waals surface area contributed by atoms with Crippen LogP contribution >= 0.6 is 35.6 Å². The zero-order chi connectivity index (χ0) is 21.7. The van der Waals surface area contributed by atoms with Crippen LogP contribution in [0.2, 0.25) is 5.02 Å². The fourth-order valence-electron chi connectivity index (χ4n) is 2.68. The van der Waals surface area contributed by atoms with Crippen LogP contribution in [-0.2, 0) is 9.84 Å². The Kier molecular flexibility index (Phi) is 7.57. The lowest BCUT2D eigenvalue weighted by molar-refractivity contribution is 0.467. The predicted octanol–water partition coefficient (Wildman–Crippen LogP) is 5.83. The Morgan fingerprint density at radius 2 is 1.77 bits per heavy atom. The summed E-state index contributed by atoms with van der Waals surface area (Å²) >= 11 is 12.6. The third-order valence-corrected chi connectivity index (χ3v) is 6.70. The molecular formula is C21H21ClN2O3S3. The van der Waals surface area contributed by atoms with Crippen LogP contribution in [0.3, 0.4) is 0 Å². The summed E-state index contributed by atoms with van der Waals surface area (Å²) in [5.41, 5.74) is 2.16. The number of sulfone groups is 1. The molecule has 0 atom stereocenters. The van der Waals surface area contributed by atoms with Gasteiger partial charge in [-0.25, -0.2) is 13.4 Å². The van der Waals surface area contributed by atoms with Crippen LogP contribution in [0.1, 0.15) is 19.8 Å². The molecule has 1 N–H and O–H groups in total. The van der Waals surface area contributed by atoms with E-state index in [1.807, 2.05) is 12.1 Å². The van der Waals surface area contributed by atoms with E-state index >= 15 is 0 Å². The first-order valence-electron chi connectivity index (χ1n) is 9.31. The summed E-state index contributed by atoms with van der Waals surface area (Å²) in [5.74, 6) is 0.567. The van der Waals surface area contributed by atoms with Gasteiger partial charge in [-0.05, 0) is 54.6 Å². The van der Waals surface area contributed by atoms with Crippen molar-refractivity contribution >= 4 is 49.7 Å². The molecule has 3 aromatic rings. The normalized spacial score (nSPS) is 11.4. The fraction of sp³-hybridized carbons (Fsp3) is 0.238. The molecule has 30 heavy (non-hydrogen) atoms. The van der Waals surface area contributed by atoms with E-state index in [-0.39, 0.29) is 4.90 Å². The van der Waals surface area contributed by atoms with E-state index in [1.54, 1.807) is 36.4 Å². The van der Waals surface area contributed by atoms with E-state index in [1.165, 1.54) is 18.0 Å². The summed E-state index contributed by atoms with van der Waals surface area (Å²) in [6.07, 6.45) is 3.28. The second-order valence-electron chi connectivity index (χ2n) is 6.63. The summed E-state index contributed by atoms with van der Waals surface area (Å²) in [6.45, 7) is 2.92. The summed E-state index contributed by atoms with van der Waals surface area (Å²) in [5, 5.41) is 4.21. The molecule has 0 spiro atoms. The summed E-state index contributed by atoms with van der Waals surface area (Å²) in [7, 11) is -3.28. The molecule has 0 bridgehead atoms. The molecule has 0 aliphatic heterocycles. The van der Waals surface area contributed by atoms with Gasteiger partial charge in [0.25, 0.3) is 5.22 Å². The van der Waals surface area contributed by atoms with Crippen molar-refractivity contribution < 1.29 is 12.8 Å². The molecule has 9 heteroatoms. The third-order valence-electron chi connectivity index (χ3n) is 4.25. The van der Waals surface area contributed by atoms with Crippen LogP contribution in [0.25, 0.3) is 22.6 Å². The Balaban J connectivity index is 1.96. The van der Waals surface area contributed by atoms with Crippen LogP contribution < -0.4 is 5.32 Å². The molecule has 158 valence electrons. The monoisotopic (exact) mass is 480 g/mol. The van der Waals surface area contributed by atoms with Gasteiger partial charge in [-0.2, -0.15) is 0 Å². The average molecular weight is 481 g/mol. The molecule has 0 fully saturated rings. The lowest BCUT2D eigenvalue weighted by Gasteiger charge is -2.03. The van der Waals surface area contributed by atoms with Crippen molar-refractivity contribution in [2.45, 2.75) is 29.9 Å². The van der Waals surface area contributed by atoms with Crippen molar-refractivity contribution in [1.82, 2.24) is 10.3 Å². The standard InChI is InChI=1S/C21H21ClN2O3S3/c1-3-4-13-23-21(28)29-20-24-18(14-7-11-17(12-8-14)30(2,25)26)19(27-20)15-5-9-16(22)10-6-15/h5-12H,3-4,13H2,1-2H3,(H,23,28). The first-order valence-corrected chi connectivity index (χ1v) is 12.8. The van der Waals surface area contributed by atoms with Crippen LogP contribution in [0.5, 0.6) is 0 Å². The first-order chi connectivity index (χ1) is 14.3. The summed E-state index contributed by atoms with van der Waals surface area (Å²) in [6, 6.07) is 13.8. The van der Waals surface area contributed by atoms with Crippen LogP contribution in [0, 0.1) is 0 Å². The number of aromatic nitrogens is 1. The molecule has 0 aliphatic rings. The average Bonchev–Trinajstić information content (AvgIpc) is 3.12. The van der Waals surface area contributed by atoms with Gasteiger partial charge in [0.2, 0.25) is 0 Å². The van der Waals surface area contributed by atoms with Gasteiger partial charge in [-0.15, -0.1) is 0 Å². The number of thiocarbonyl (C=S) groups is 1. The van der Waals surface area contributed by atoms with Crippen molar-refractivity contribution in [2.24, 2.45) is 0 Å². The molecule has 3 rings (SSSR count). The number of unbranched alkanes of at least 4 members (excludes halogenated alkanes) is 1. The van der Waals surface area contributed by atoms with E-state index in [9.17, 15) is 8.42 Å². The Bertz CT molecular complexity index is 1130. The quantitative estimate of drug-likeness (QED) is 0.259. The topological polar surface area (TPSA) is 72.2 Å². The number of rotatable bonds is 7. The van der Waals surface area contributed by atoms with Crippen molar-refractivity contribution in [2.75, 3.05) is 12.8 Å². The van der Waals surface area contributed by atoms with Gasteiger partial charge in [-0.3, -0.25) is 0 Å². The highest BCUT2D eigenvalue weighted by Gasteiger charge is 2.19. The van der Waals surface area contributed by atoms with Gasteiger partial charge in [-0.1, -0.05) is 49.3 Å². The highest BCUT2D eigenvalue weighted by molar-refractivity contribution is 8.22. The molecule has 0 aliphatic carbocycles. The number of hydrogen-bond acceptors (Lipinski definition) is 6. The molecular weight excluding hydrogens is 460 g/mol. The van der Waals surface area contributed by atoms with E-state index in [0.29, 0.717) is 26.0 Å². The van der Waals surface area contributed by atoms with Gasteiger partial charge < -0.3 is 9.73 Å². The molecule has 1 aromatic heterocycles. The maximum atomic E-state index is 11.8. The van der Waals surface area contributed by atoms with Crippen LogP contribution in [-0.4, -0.2) is 30.5 Å². The van der Waals surface area contributed by atoms with E-state index in [2.05, 4.69) is 17.2 Å². The van der Waals surface area contributed by atoms with E-state index in [0.717, 1.165) is 30.5 Å². The molecule has 0 amide bonds. The maximum Gasteiger partial charge on any atom is 0.263 e. The molecule has 0 unspecified atom stereocenters. The minimum atomic E-state index is -3.28. The Hall–Kier alpha value is -1.87. The summed E-state index contributed by atoms with van der Waals surface area (Å²) < 4.78 is 30.1. The van der Waals surface area contributed by atoms with Crippen molar-refractivity contribution in [3.8, 4) is 22.6 Å². The number of oxazole rings is 1. The second kappa shape index (κ2) is 9.96. The van der Waals surface area contributed by atoms with Gasteiger partial charge in [0.15, 0.2) is 15.6 Å². The minimum Gasteiger partial charge on any atom is -0.430 e. The first kappa shape index (κ1) is 22.8. The lowest BCUT2D eigenvalue weighted by Crippen LogP contribution is -2.19. The minimum absolute atomic E-state index is 0.249. The third kappa shape index (κ3) is 5.85. The number of nitrogens with one attached hydrogen (secondary N) is 1. The second-order valence-corrected chi connectivity index (χ2v) is 10.7. The van der Waals surface area contributed by atoms with Crippen molar-refractivity contribution in [1.29, 1.82) is 0 Å². The molecule has 2 aromatic carbocycles. The van der Waals surface area contributed by atoms with Crippen molar-refractivity contribution in [3.05, 3.63) is 53.6 Å². The zero-order valence-electron chi connectivity index (χ0n) is 16.5. The van der Waals surface area contributed by atoms with Gasteiger partial charge in [0, 0.05) is 29.0 Å². The van der Waals surface area contributed by atoms with Gasteiger partial charge in [0.05, 0.1) is 4.90 Å². The molecule has 0 radical (unpaired) electrons. The van der Waals surface area contributed by atoms with Crippen LogP contribution in [0.4, 0.5) is 0 Å². The van der Waals surface area contributed by atoms with Crippen molar-refractivity contribution in [3.63, 3.8) is 0 Å². The molecule has 1 heterocycles. The maximum absolute atomic E-state index is 11.8. The van der Waals surface area contributed by atoms with Gasteiger partial charge in [0.1, 0.15) is 10.0 Å². The predicted molar refractivity (Wildman–Crippen MR) is 127 cm³/mol. The largest absolute Gasteiger partial charge is 0.430 e. The van der Waals surface area contributed by atoms with E-state index in [4.69, 9.17) is 28.2 Å². The Morgan fingerprint density at radius 1 is 1.13 bits per heavy atom. The summed E-state index contributed by atoms with van der Waals surface area (Å²) in [4.78, 5) is 4.87. The SMILES string of the molecule is CCCCNC(=S)Sc1nc(-c2ccc(S(C)(=O)=O)cc2)c(-c2ccc(Cl)cc2)o1.